The zero-order chi connectivity index (χ0) is 12.1. The molecule has 0 N–H and O–H groups in total. The zero-order valence-electron chi connectivity index (χ0n) is 9.52. The SMILES string of the molecule is COc1ccc(-c2noc(CCCCl)n2)cc1. The van der Waals surface area contributed by atoms with Crippen molar-refractivity contribution in [1.82, 2.24) is 10.1 Å². The Labute approximate surface area is 105 Å². The van der Waals surface area contributed by atoms with E-state index in [1.165, 1.54) is 0 Å². The molecule has 1 heterocycles. The van der Waals surface area contributed by atoms with E-state index in [1.54, 1.807) is 7.11 Å². The predicted octanol–water partition coefficient (Wildman–Crippen LogP) is 2.92. The summed E-state index contributed by atoms with van der Waals surface area (Å²) in [6, 6.07) is 7.53. The highest BCUT2D eigenvalue weighted by Gasteiger charge is 2.08. The van der Waals surface area contributed by atoms with Crippen LogP contribution in [0.3, 0.4) is 0 Å². The second-order valence-electron chi connectivity index (χ2n) is 3.53. The quantitative estimate of drug-likeness (QED) is 0.768. The molecule has 0 aliphatic rings. The highest BCUT2D eigenvalue weighted by atomic mass is 35.5. The summed E-state index contributed by atoms with van der Waals surface area (Å²) in [4.78, 5) is 4.30. The fourth-order valence-corrected chi connectivity index (χ4v) is 1.57. The van der Waals surface area contributed by atoms with Crippen LogP contribution in [0.5, 0.6) is 5.75 Å². The molecule has 17 heavy (non-hydrogen) atoms. The first-order valence-electron chi connectivity index (χ1n) is 5.36. The number of aryl methyl sites for hydroxylation is 1. The molecule has 0 fully saturated rings. The van der Waals surface area contributed by atoms with Crippen molar-refractivity contribution in [2.75, 3.05) is 13.0 Å². The third kappa shape index (κ3) is 2.97. The summed E-state index contributed by atoms with van der Waals surface area (Å²) in [6.07, 6.45) is 1.55. The number of methoxy groups -OCH3 is 1. The Kier molecular flexibility index (Phi) is 3.98. The van der Waals surface area contributed by atoms with E-state index in [0.29, 0.717) is 24.0 Å². The van der Waals surface area contributed by atoms with Gasteiger partial charge in [-0.3, -0.25) is 0 Å². The van der Waals surface area contributed by atoms with E-state index in [1.807, 2.05) is 24.3 Å². The van der Waals surface area contributed by atoms with Gasteiger partial charge in [0.2, 0.25) is 11.7 Å². The number of hydrogen-bond donors (Lipinski definition) is 0. The van der Waals surface area contributed by atoms with E-state index in [9.17, 15) is 0 Å². The molecule has 90 valence electrons. The molecule has 0 unspecified atom stereocenters. The van der Waals surface area contributed by atoms with Gasteiger partial charge in [0.05, 0.1) is 7.11 Å². The minimum absolute atomic E-state index is 0.595. The van der Waals surface area contributed by atoms with Gasteiger partial charge < -0.3 is 9.26 Å². The first kappa shape index (κ1) is 11.9. The standard InChI is InChI=1S/C12H13ClN2O2/c1-16-10-6-4-9(5-7-10)12-14-11(17-15-12)3-2-8-13/h4-7H,2-3,8H2,1H3. The average Bonchev–Trinajstić information content (AvgIpc) is 2.85. The van der Waals surface area contributed by atoms with Crippen LogP contribution in [0.4, 0.5) is 0 Å². The van der Waals surface area contributed by atoms with Gasteiger partial charge in [-0.1, -0.05) is 5.16 Å². The highest BCUT2D eigenvalue weighted by Crippen LogP contribution is 2.19. The van der Waals surface area contributed by atoms with Crippen molar-refractivity contribution in [3.8, 4) is 17.1 Å². The van der Waals surface area contributed by atoms with Crippen molar-refractivity contribution < 1.29 is 9.26 Å². The summed E-state index contributed by atoms with van der Waals surface area (Å²) in [5, 5.41) is 3.92. The molecule has 0 amide bonds. The summed E-state index contributed by atoms with van der Waals surface area (Å²) >= 11 is 5.60. The zero-order valence-corrected chi connectivity index (χ0v) is 10.3. The Balaban J connectivity index is 2.12. The number of alkyl halides is 1. The molecule has 0 saturated heterocycles. The molecule has 2 rings (SSSR count). The molecule has 0 atom stereocenters. The van der Waals surface area contributed by atoms with Gasteiger partial charge >= 0.3 is 0 Å². The van der Waals surface area contributed by atoms with Crippen LogP contribution in [0.25, 0.3) is 11.4 Å². The second kappa shape index (κ2) is 5.68. The molecule has 1 aromatic heterocycles. The minimum atomic E-state index is 0.595. The first-order valence-corrected chi connectivity index (χ1v) is 5.90. The van der Waals surface area contributed by atoms with E-state index >= 15 is 0 Å². The molecular formula is C12H13ClN2O2. The fraction of sp³-hybridized carbons (Fsp3) is 0.333. The van der Waals surface area contributed by atoms with Crippen LogP contribution in [0.15, 0.2) is 28.8 Å². The maximum atomic E-state index is 5.60. The molecular weight excluding hydrogens is 240 g/mol. The molecule has 0 saturated carbocycles. The topological polar surface area (TPSA) is 48.2 Å². The van der Waals surface area contributed by atoms with E-state index in [0.717, 1.165) is 17.7 Å². The lowest BCUT2D eigenvalue weighted by Gasteiger charge is -1.98. The van der Waals surface area contributed by atoms with Gasteiger partial charge in [-0.05, 0) is 30.7 Å². The normalized spacial score (nSPS) is 10.5. The first-order chi connectivity index (χ1) is 8.33. The smallest absolute Gasteiger partial charge is 0.227 e. The molecule has 0 radical (unpaired) electrons. The van der Waals surface area contributed by atoms with Gasteiger partial charge in [0.15, 0.2) is 0 Å². The Morgan fingerprint density at radius 1 is 1.29 bits per heavy atom. The van der Waals surface area contributed by atoms with Crippen LogP contribution in [0.1, 0.15) is 12.3 Å². The van der Waals surface area contributed by atoms with Crippen LogP contribution in [0, 0.1) is 0 Å². The van der Waals surface area contributed by atoms with Crippen LogP contribution in [-0.4, -0.2) is 23.1 Å². The van der Waals surface area contributed by atoms with Gasteiger partial charge in [-0.15, -0.1) is 11.6 Å². The largest absolute Gasteiger partial charge is 0.497 e. The van der Waals surface area contributed by atoms with Crippen molar-refractivity contribution >= 4 is 11.6 Å². The van der Waals surface area contributed by atoms with E-state index in [2.05, 4.69) is 10.1 Å². The van der Waals surface area contributed by atoms with Gasteiger partial charge in [0.25, 0.3) is 0 Å². The number of benzene rings is 1. The molecule has 0 bridgehead atoms. The number of rotatable bonds is 5. The summed E-state index contributed by atoms with van der Waals surface area (Å²) in [5.74, 6) is 2.62. The van der Waals surface area contributed by atoms with Crippen molar-refractivity contribution in [2.24, 2.45) is 0 Å². The van der Waals surface area contributed by atoms with E-state index in [4.69, 9.17) is 20.9 Å². The number of nitrogens with zero attached hydrogens (tertiary/aromatic N) is 2. The van der Waals surface area contributed by atoms with Crippen LogP contribution < -0.4 is 4.74 Å². The van der Waals surface area contributed by atoms with Crippen LogP contribution in [-0.2, 0) is 6.42 Å². The Bertz CT molecular complexity index is 468. The van der Waals surface area contributed by atoms with Crippen LogP contribution >= 0.6 is 11.6 Å². The highest BCUT2D eigenvalue weighted by molar-refractivity contribution is 6.17. The van der Waals surface area contributed by atoms with Gasteiger partial charge in [-0.2, -0.15) is 4.98 Å². The van der Waals surface area contributed by atoms with Crippen molar-refractivity contribution in [3.63, 3.8) is 0 Å². The van der Waals surface area contributed by atoms with Gasteiger partial charge in [0.1, 0.15) is 5.75 Å². The minimum Gasteiger partial charge on any atom is -0.497 e. The monoisotopic (exact) mass is 252 g/mol. The molecule has 0 aliphatic carbocycles. The Morgan fingerprint density at radius 2 is 2.06 bits per heavy atom. The molecule has 4 nitrogen and oxygen atoms in total. The van der Waals surface area contributed by atoms with E-state index in [-0.39, 0.29) is 0 Å². The maximum Gasteiger partial charge on any atom is 0.227 e. The Morgan fingerprint density at radius 3 is 2.71 bits per heavy atom. The summed E-state index contributed by atoms with van der Waals surface area (Å²) in [7, 11) is 1.63. The maximum absolute atomic E-state index is 5.60. The number of halogens is 1. The molecule has 0 aliphatic heterocycles. The third-order valence-electron chi connectivity index (χ3n) is 2.34. The lowest BCUT2D eigenvalue weighted by atomic mass is 10.2. The van der Waals surface area contributed by atoms with Gasteiger partial charge in [0, 0.05) is 17.9 Å². The lowest BCUT2D eigenvalue weighted by Crippen LogP contribution is -1.87. The number of ether oxygens (including phenoxy) is 1. The molecule has 0 spiro atoms. The average molecular weight is 253 g/mol. The third-order valence-corrected chi connectivity index (χ3v) is 2.61. The van der Waals surface area contributed by atoms with Crippen molar-refractivity contribution in [3.05, 3.63) is 30.2 Å². The number of aromatic nitrogens is 2. The van der Waals surface area contributed by atoms with Gasteiger partial charge in [-0.25, -0.2) is 0 Å². The summed E-state index contributed by atoms with van der Waals surface area (Å²) < 4.78 is 10.2. The van der Waals surface area contributed by atoms with Crippen molar-refractivity contribution in [2.45, 2.75) is 12.8 Å². The van der Waals surface area contributed by atoms with Crippen molar-refractivity contribution in [1.29, 1.82) is 0 Å². The molecule has 2 aromatic rings. The molecule has 5 heteroatoms. The summed E-state index contributed by atoms with van der Waals surface area (Å²) in [6.45, 7) is 0. The predicted molar refractivity (Wildman–Crippen MR) is 65.3 cm³/mol. The number of hydrogen-bond acceptors (Lipinski definition) is 4. The second-order valence-corrected chi connectivity index (χ2v) is 3.91. The summed E-state index contributed by atoms with van der Waals surface area (Å²) in [5.41, 5.74) is 0.909. The van der Waals surface area contributed by atoms with E-state index < -0.39 is 0 Å². The van der Waals surface area contributed by atoms with Crippen LogP contribution in [0.2, 0.25) is 0 Å². The Hall–Kier alpha value is -1.55. The molecule has 1 aromatic carbocycles. The lowest BCUT2D eigenvalue weighted by molar-refractivity contribution is 0.378. The fourth-order valence-electron chi connectivity index (χ4n) is 1.43.